The fourth-order valence-corrected chi connectivity index (χ4v) is 1.98. The van der Waals surface area contributed by atoms with Gasteiger partial charge in [-0.1, -0.05) is 25.6 Å². The average Bonchev–Trinajstić information content (AvgIpc) is 2.18. The van der Waals surface area contributed by atoms with Crippen LogP contribution in [0.2, 0.25) is 19.6 Å². The predicted molar refractivity (Wildman–Crippen MR) is 75.6 cm³/mol. The lowest BCUT2D eigenvalue weighted by atomic mass is 10.1. The van der Waals surface area contributed by atoms with Crippen molar-refractivity contribution in [1.82, 2.24) is 0 Å². The maximum atomic E-state index is 10.9. The molecule has 1 rings (SSSR count). The van der Waals surface area contributed by atoms with E-state index in [1.807, 2.05) is 6.92 Å². The first kappa shape index (κ1) is 13.9. The summed E-state index contributed by atoms with van der Waals surface area (Å²) in [6.07, 6.45) is 0. The summed E-state index contributed by atoms with van der Waals surface area (Å²) in [7, 11) is -1.46. The van der Waals surface area contributed by atoms with Crippen LogP contribution in [-0.2, 0) is 0 Å². The van der Waals surface area contributed by atoms with Crippen molar-refractivity contribution in [3.8, 4) is 11.5 Å². The zero-order valence-electron chi connectivity index (χ0n) is 10.5. The molecule has 0 radical (unpaired) electrons. The van der Waals surface area contributed by atoms with Gasteiger partial charge in [0.05, 0.1) is 5.56 Å². The number of thiol groups is 1. The Balaban J connectivity index is 3.32. The molecule has 0 heterocycles. The molecule has 0 aliphatic carbocycles. The van der Waals surface area contributed by atoms with Crippen molar-refractivity contribution in [1.29, 1.82) is 0 Å². The fourth-order valence-electron chi connectivity index (χ4n) is 1.21. The van der Waals surface area contributed by atoms with E-state index in [0.717, 1.165) is 11.1 Å². The molecule has 90 valence electrons. The minimum absolute atomic E-state index is 0.237. The highest BCUT2D eigenvalue weighted by Gasteiger charge is 2.10. The lowest BCUT2D eigenvalue weighted by molar-refractivity contribution is 0.0696. The molecule has 0 saturated heterocycles. The van der Waals surface area contributed by atoms with Gasteiger partial charge in [-0.2, -0.15) is 0 Å². The van der Waals surface area contributed by atoms with Crippen LogP contribution in [0.1, 0.15) is 21.5 Å². The number of benzene rings is 1. The second-order valence-electron chi connectivity index (χ2n) is 4.97. The first-order valence-corrected chi connectivity index (χ1v) is 9.25. The van der Waals surface area contributed by atoms with Gasteiger partial charge in [-0.05, 0) is 24.6 Å². The zero-order chi connectivity index (χ0) is 13.2. The number of aromatic carboxylic acids is 1. The van der Waals surface area contributed by atoms with Gasteiger partial charge in [0.2, 0.25) is 0 Å². The normalized spacial score (nSPS) is 10.6. The number of carboxylic acids is 1. The van der Waals surface area contributed by atoms with Gasteiger partial charge in [-0.3, -0.25) is 0 Å². The van der Waals surface area contributed by atoms with Crippen LogP contribution in [0.4, 0.5) is 0 Å². The average molecular weight is 264 g/mol. The molecule has 0 aromatic heterocycles. The number of carbonyl (C=O) groups is 1. The SMILES string of the molecule is Cc1c(S)cc(C(=O)O)cc1C#C[Si](C)(C)C. The van der Waals surface area contributed by atoms with Gasteiger partial charge in [-0.15, -0.1) is 18.2 Å². The Labute approximate surface area is 108 Å². The molecule has 0 spiro atoms. The molecule has 0 bridgehead atoms. The van der Waals surface area contributed by atoms with Crippen LogP contribution in [0.3, 0.4) is 0 Å². The highest BCUT2D eigenvalue weighted by Crippen LogP contribution is 2.20. The number of carboxylic acid groups (broad SMARTS) is 1. The molecule has 1 aromatic rings. The second-order valence-corrected chi connectivity index (χ2v) is 10.2. The molecule has 0 aliphatic heterocycles. The first-order chi connectivity index (χ1) is 7.70. The molecule has 0 unspecified atom stereocenters. The molecule has 17 heavy (non-hydrogen) atoms. The molecular formula is C13H16O2SSi. The molecule has 4 heteroatoms. The van der Waals surface area contributed by atoms with E-state index in [4.69, 9.17) is 5.11 Å². The Kier molecular flexibility index (Phi) is 4.07. The van der Waals surface area contributed by atoms with Crippen molar-refractivity contribution < 1.29 is 9.90 Å². The molecular weight excluding hydrogens is 248 g/mol. The van der Waals surface area contributed by atoms with Crippen LogP contribution in [0.15, 0.2) is 17.0 Å². The fraction of sp³-hybridized carbons (Fsp3) is 0.308. The van der Waals surface area contributed by atoms with Crippen LogP contribution in [0.5, 0.6) is 0 Å². The maximum absolute atomic E-state index is 10.9. The van der Waals surface area contributed by atoms with Gasteiger partial charge in [0.1, 0.15) is 8.07 Å². The lowest BCUT2D eigenvalue weighted by Gasteiger charge is -2.07. The largest absolute Gasteiger partial charge is 0.478 e. The topological polar surface area (TPSA) is 37.3 Å². The summed E-state index contributed by atoms with van der Waals surface area (Å²) in [6, 6.07) is 3.17. The zero-order valence-corrected chi connectivity index (χ0v) is 12.4. The molecule has 1 aromatic carbocycles. The molecule has 0 amide bonds. The van der Waals surface area contributed by atoms with Gasteiger partial charge in [-0.25, -0.2) is 4.79 Å². The van der Waals surface area contributed by atoms with Crippen molar-refractivity contribution in [3.63, 3.8) is 0 Å². The van der Waals surface area contributed by atoms with E-state index in [0.29, 0.717) is 4.90 Å². The molecule has 0 atom stereocenters. The van der Waals surface area contributed by atoms with Crippen molar-refractivity contribution in [2.75, 3.05) is 0 Å². The van der Waals surface area contributed by atoms with Crippen LogP contribution >= 0.6 is 12.6 Å². The summed E-state index contributed by atoms with van der Waals surface area (Å²) in [5, 5.41) is 8.98. The lowest BCUT2D eigenvalue weighted by Crippen LogP contribution is -2.16. The van der Waals surface area contributed by atoms with E-state index in [2.05, 4.69) is 43.7 Å². The van der Waals surface area contributed by atoms with Gasteiger partial charge >= 0.3 is 5.97 Å². The number of hydrogen-bond donors (Lipinski definition) is 2. The quantitative estimate of drug-likeness (QED) is 0.464. The minimum Gasteiger partial charge on any atom is -0.478 e. The van der Waals surface area contributed by atoms with Crippen molar-refractivity contribution >= 4 is 26.7 Å². The standard InChI is InChI=1S/C13H16O2SSi/c1-9-10(5-6-17(2,3)4)7-11(13(14)15)8-12(9)16/h7-8,16H,1-4H3,(H,14,15). The van der Waals surface area contributed by atoms with Gasteiger partial charge in [0, 0.05) is 10.5 Å². The number of hydrogen-bond acceptors (Lipinski definition) is 2. The summed E-state index contributed by atoms with van der Waals surface area (Å²) < 4.78 is 0. The second kappa shape index (κ2) is 4.99. The highest BCUT2D eigenvalue weighted by molar-refractivity contribution is 7.80. The smallest absolute Gasteiger partial charge is 0.335 e. The van der Waals surface area contributed by atoms with E-state index >= 15 is 0 Å². The van der Waals surface area contributed by atoms with Crippen molar-refractivity contribution in [2.24, 2.45) is 0 Å². The van der Waals surface area contributed by atoms with E-state index in [9.17, 15) is 4.79 Å². The van der Waals surface area contributed by atoms with Crippen molar-refractivity contribution in [3.05, 3.63) is 28.8 Å². The third-order valence-corrected chi connectivity index (χ3v) is 3.54. The third-order valence-electron chi connectivity index (χ3n) is 2.20. The molecule has 2 nitrogen and oxygen atoms in total. The Bertz CT molecular complexity index is 519. The third kappa shape index (κ3) is 3.95. The molecule has 0 fully saturated rings. The van der Waals surface area contributed by atoms with E-state index < -0.39 is 14.0 Å². The summed E-state index contributed by atoms with van der Waals surface area (Å²) in [5.74, 6) is 2.14. The summed E-state index contributed by atoms with van der Waals surface area (Å²) in [5.41, 5.74) is 5.17. The first-order valence-electron chi connectivity index (χ1n) is 5.31. The number of rotatable bonds is 1. The van der Waals surface area contributed by atoms with E-state index in [1.54, 1.807) is 12.1 Å². The molecule has 0 saturated carbocycles. The van der Waals surface area contributed by atoms with Crippen LogP contribution in [-0.4, -0.2) is 19.1 Å². The molecule has 1 N–H and O–H groups in total. The Morgan fingerprint density at radius 1 is 1.35 bits per heavy atom. The van der Waals surface area contributed by atoms with E-state index in [1.165, 1.54) is 0 Å². The maximum Gasteiger partial charge on any atom is 0.335 e. The summed E-state index contributed by atoms with van der Waals surface area (Å²) in [4.78, 5) is 11.6. The van der Waals surface area contributed by atoms with Gasteiger partial charge in [0.25, 0.3) is 0 Å². The molecule has 0 aliphatic rings. The van der Waals surface area contributed by atoms with Crippen LogP contribution in [0.25, 0.3) is 0 Å². The predicted octanol–water partition coefficient (Wildman–Crippen LogP) is 3.21. The Hall–Kier alpha value is -1.18. The minimum atomic E-state index is -1.46. The van der Waals surface area contributed by atoms with Gasteiger partial charge in [0.15, 0.2) is 0 Å². The summed E-state index contributed by atoms with van der Waals surface area (Å²) >= 11 is 4.28. The Morgan fingerprint density at radius 2 is 1.94 bits per heavy atom. The van der Waals surface area contributed by atoms with E-state index in [-0.39, 0.29) is 5.56 Å². The van der Waals surface area contributed by atoms with Crippen molar-refractivity contribution in [2.45, 2.75) is 31.5 Å². The van der Waals surface area contributed by atoms with Crippen LogP contribution < -0.4 is 0 Å². The Morgan fingerprint density at radius 3 is 2.41 bits per heavy atom. The van der Waals surface area contributed by atoms with Gasteiger partial charge < -0.3 is 5.11 Å². The highest BCUT2D eigenvalue weighted by atomic mass is 32.1. The summed E-state index contributed by atoms with van der Waals surface area (Å²) in [6.45, 7) is 8.36. The monoisotopic (exact) mass is 264 g/mol. The van der Waals surface area contributed by atoms with Crippen LogP contribution in [0, 0.1) is 18.4 Å².